The lowest BCUT2D eigenvalue weighted by Gasteiger charge is -2.12. The Hall–Kier alpha value is -6.93. The molecule has 10 rings (SSSR count). The average Bonchev–Trinajstić information content (AvgIpc) is 3.72. The zero-order valence-electron chi connectivity index (χ0n) is 25.9. The third-order valence-electron chi connectivity index (χ3n) is 9.01. The largest absolute Gasteiger partial charge is 0.422 e. The summed E-state index contributed by atoms with van der Waals surface area (Å²) in [5.74, 6) is 1.99. The van der Waals surface area contributed by atoms with E-state index in [1.54, 1.807) is 4.40 Å². The van der Waals surface area contributed by atoms with Gasteiger partial charge in [0, 0.05) is 33.2 Å². The first-order valence-electron chi connectivity index (χ1n) is 16.0. The summed E-state index contributed by atoms with van der Waals surface area (Å²) in [6.07, 6.45) is 0. The van der Waals surface area contributed by atoms with E-state index in [2.05, 4.69) is 27.8 Å². The quantitative estimate of drug-likeness (QED) is 0.193. The molecule has 0 aliphatic rings. The first-order chi connectivity index (χ1) is 24.2. The third-order valence-corrected chi connectivity index (χ3v) is 9.01. The second-order valence-corrected chi connectivity index (χ2v) is 11.9. The number of rotatable bonds is 4. The van der Waals surface area contributed by atoms with E-state index in [4.69, 9.17) is 19.4 Å². The first-order valence-corrected chi connectivity index (χ1v) is 16.0. The number of imidazole rings is 1. The highest BCUT2D eigenvalue weighted by Gasteiger charge is 2.21. The Bertz CT molecular complexity index is 2910. The lowest BCUT2D eigenvalue weighted by molar-refractivity contribution is 0.618. The summed E-state index contributed by atoms with van der Waals surface area (Å²) in [4.78, 5) is 33.5. The van der Waals surface area contributed by atoms with Gasteiger partial charge in [0.05, 0.1) is 27.5 Å². The van der Waals surface area contributed by atoms with Crippen LogP contribution in [0.25, 0.3) is 89.5 Å². The van der Waals surface area contributed by atoms with Gasteiger partial charge in [-0.1, -0.05) is 109 Å². The van der Waals surface area contributed by atoms with Gasteiger partial charge in [-0.2, -0.15) is 4.98 Å². The van der Waals surface area contributed by atoms with Crippen LogP contribution in [0.5, 0.6) is 0 Å². The maximum atomic E-state index is 14.0. The van der Waals surface area contributed by atoms with E-state index in [9.17, 15) is 4.79 Å². The van der Waals surface area contributed by atoms with E-state index in [1.807, 2.05) is 127 Å². The van der Waals surface area contributed by atoms with Crippen molar-refractivity contribution in [3.8, 4) is 39.9 Å². The molecular formula is C41H24N6O2. The van der Waals surface area contributed by atoms with Crippen molar-refractivity contribution in [2.45, 2.75) is 0 Å². The molecule has 0 spiro atoms. The van der Waals surface area contributed by atoms with Crippen molar-refractivity contribution in [2.75, 3.05) is 0 Å². The number of benzene rings is 6. The molecule has 0 radical (unpaired) electrons. The smallest absolute Gasteiger partial charge is 0.310 e. The molecule has 0 aliphatic carbocycles. The van der Waals surface area contributed by atoms with Crippen LogP contribution in [0.4, 0.5) is 0 Å². The number of fused-ring (bicyclic) bond motifs is 8. The Morgan fingerprint density at radius 1 is 0.490 bits per heavy atom. The molecule has 10 aromatic rings. The topological polar surface area (TPSA) is 91.1 Å². The van der Waals surface area contributed by atoms with Gasteiger partial charge in [-0.15, -0.1) is 0 Å². The minimum absolute atomic E-state index is 0.176. The SMILES string of the molecule is O=c1c2ccc3c4ccccc4n(-c4cccc(-c5nc(-c6ccccc6)nc(-c6ccccc6)n5)c4)c3c2oc2nc3ccccc3n12. The fraction of sp³-hybridized carbons (Fsp3) is 0. The second-order valence-electron chi connectivity index (χ2n) is 11.9. The Kier molecular flexibility index (Phi) is 5.86. The summed E-state index contributed by atoms with van der Waals surface area (Å²) in [5, 5.41) is 2.48. The third kappa shape index (κ3) is 4.21. The van der Waals surface area contributed by atoms with Gasteiger partial charge in [0.2, 0.25) is 0 Å². The summed E-state index contributed by atoms with van der Waals surface area (Å²) in [7, 11) is 0. The van der Waals surface area contributed by atoms with Crippen molar-refractivity contribution >= 4 is 49.7 Å². The van der Waals surface area contributed by atoms with Crippen LogP contribution in [0.15, 0.2) is 155 Å². The molecule has 0 saturated carbocycles. The normalized spacial score (nSPS) is 11.8. The lowest BCUT2D eigenvalue weighted by Crippen LogP contribution is -2.12. The predicted octanol–water partition coefficient (Wildman–Crippen LogP) is 8.88. The summed E-state index contributed by atoms with van der Waals surface area (Å²) in [6.45, 7) is 0. The molecule has 0 fully saturated rings. The van der Waals surface area contributed by atoms with Crippen LogP contribution >= 0.6 is 0 Å². The second kappa shape index (κ2) is 10.5. The first kappa shape index (κ1) is 27.2. The van der Waals surface area contributed by atoms with Crippen molar-refractivity contribution in [3.63, 3.8) is 0 Å². The number of nitrogens with zero attached hydrogens (tertiary/aromatic N) is 6. The van der Waals surface area contributed by atoms with Crippen LogP contribution in [0.1, 0.15) is 0 Å². The summed E-state index contributed by atoms with van der Waals surface area (Å²) >= 11 is 0. The van der Waals surface area contributed by atoms with Gasteiger partial charge in [-0.05, 0) is 36.4 Å². The molecule has 0 amide bonds. The van der Waals surface area contributed by atoms with E-state index in [0.717, 1.165) is 44.2 Å². The van der Waals surface area contributed by atoms with E-state index >= 15 is 0 Å². The molecule has 8 nitrogen and oxygen atoms in total. The molecule has 6 aromatic carbocycles. The van der Waals surface area contributed by atoms with Crippen LogP contribution in [-0.2, 0) is 0 Å². The van der Waals surface area contributed by atoms with Gasteiger partial charge < -0.3 is 8.98 Å². The Balaban J connectivity index is 1.24. The zero-order chi connectivity index (χ0) is 32.5. The standard InChI is InChI=1S/C41H24N6O2/c48-40-31-23-22-30-29-18-7-9-20-33(29)46(35(30)36(31)49-41-42-32-19-8-10-21-34(32)47(40)41)28-17-11-16-27(24-28)39-44-37(25-12-3-1-4-13-25)43-38(45-39)26-14-5-2-6-15-26/h1-24H. The minimum Gasteiger partial charge on any atom is -0.422 e. The van der Waals surface area contributed by atoms with Crippen molar-refractivity contribution in [2.24, 2.45) is 0 Å². The van der Waals surface area contributed by atoms with Gasteiger partial charge in [0.25, 0.3) is 5.56 Å². The fourth-order valence-electron chi connectivity index (χ4n) is 6.77. The fourth-order valence-corrected chi connectivity index (χ4v) is 6.77. The number of hydrogen-bond acceptors (Lipinski definition) is 6. The van der Waals surface area contributed by atoms with Gasteiger partial charge in [0.1, 0.15) is 0 Å². The van der Waals surface area contributed by atoms with Gasteiger partial charge >= 0.3 is 5.84 Å². The number of para-hydroxylation sites is 3. The Morgan fingerprint density at radius 2 is 1.08 bits per heavy atom. The Morgan fingerprint density at radius 3 is 1.82 bits per heavy atom. The molecule has 0 saturated heterocycles. The van der Waals surface area contributed by atoms with Gasteiger partial charge in [-0.3, -0.25) is 4.79 Å². The van der Waals surface area contributed by atoms with Crippen LogP contribution in [0.3, 0.4) is 0 Å². The van der Waals surface area contributed by atoms with Crippen molar-refractivity contribution in [3.05, 3.63) is 156 Å². The molecule has 4 heterocycles. The van der Waals surface area contributed by atoms with E-state index < -0.39 is 0 Å². The maximum Gasteiger partial charge on any atom is 0.310 e. The molecule has 0 atom stereocenters. The molecule has 0 unspecified atom stereocenters. The summed E-state index contributed by atoms with van der Waals surface area (Å²) in [5.41, 5.74) is 6.97. The summed E-state index contributed by atoms with van der Waals surface area (Å²) in [6, 6.07) is 47.6. The molecule has 49 heavy (non-hydrogen) atoms. The average molecular weight is 633 g/mol. The monoisotopic (exact) mass is 632 g/mol. The van der Waals surface area contributed by atoms with Crippen LogP contribution in [0.2, 0.25) is 0 Å². The number of aromatic nitrogens is 6. The molecule has 0 bridgehead atoms. The Labute approximate surface area is 278 Å². The highest BCUT2D eigenvalue weighted by Crippen LogP contribution is 2.37. The number of hydrogen-bond donors (Lipinski definition) is 0. The lowest BCUT2D eigenvalue weighted by atomic mass is 10.1. The van der Waals surface area contributed by atoms with Gasteiger partial charge in [0.15, 0.2) is 23.1 Å². The van der Waals surface area contributed by atoms with Crippen molar-refractivity contribution < 1.29 is 4.42 Å². The molecule has 4 aromatic heterocycles. The van der Waals surface area contributed by atoms with Crippen molar-refractivity contribution in [1.82, 2.24) is 28.9 Å². The minimum atomic E-state index is -0.176. The van der Waals surface area contributed by atoms with Crippen LogP contribution in [0, 0.1) is 0 Å². The molecular weight excluding hydrogens is 608 g/mol. The zero-order valence-corrected chi connectivity index (χ0v) is 25.9. The van der Waals surface area contributed by atoms with E-state index in [0.29, 0.717) is 39.5 Å². The van der Waals surface area contributed by atoms with E-state index in [-0.39, 0.29) is 11.4 Å². The maximum absolute atomic E-state index is 14.0. The molecule has 230 valence electrons. The van der Waals surface area contributed by atoms with Crippen molar-refractivity contribution in [1.29, 1.82) is 0 Å². The van der Waals surface area contributed by atoms with E-state index in [1.165, 1.54) is 0 Å². The molecule has 0 aliphatic heterocycles. The molecule has 8 heteroatoms. The van der Waals surface area contributed by atoms with Gasteiger partial charge in [-0.25, -0.2) is 19.4 Å². The molecule has 0 N–H and O–H groups in total. The summed E-state index contributed by atoms with van der Waals surface area (Å²) < 4.78 is 10.3. The van der Waals surface area contributed by atoms with Crippen LogP contribution in [-0.4, -0.2) is 28.9 Å². The predicted molar refractivity (Wildman–Crippen MR) is 193 cm³/mol. The highest BCUT2D eigenvalue weighted by atomic mass is 16.4. The van der Waals surface area contributed by atoms with Crippen LogP contribution < -0.4 is 5.56 Å². The highest BCUT2D eigenvalue weighted by molar-refractivity contribution is 6.17.